The maximum atomic E-state index is 12.4. The van der Waals surface area contributed by atoms with Gasteiger partial charge >= 0.3 is 0 Å². The zero-order chi connectivity index (χ0) is 18.8. The molecule has 0 unspecified atom stereocenters. The van der Waals surface area contributed by atoms with Crippen LogP contribution in [0.15, 0.2) is 66.9 Å². The molecule has 0 aliphatic heterocycles. The van der Waals surface area contributed by atoms with Crippen LogP contribution in [0.4, 0.5) is 11.5 Å². The highest BCUT2D eigenvalue weighted by Crippen LogP contribution is 2.33. The largest absolute Gasteiger partial charge is 0.390 e. The zero-order valence-electron chi connectivity index (χ0n) is 15.0. The minimum atomic E-state index is -0.492. The summed E-state index contributed by atoms with van der Waals surface area (Å²) in [4.78, 5) is 16.7. The summed E-state index contributed by atoms with van der Waals surface area (Å²) in [5.74, 6) is 0.423. The molecular weight excluding hydrogens is 338 g/mol. The Morgan fingerprint density at radius 2 is 1.85 bits per heavy atom. The predicted octanol–water partition coefficient (Wildman–Crippen LogP) is 3.71. The Balaban J connectivity index is 1.45. The summed E-state index contributed by atoms with van der Waals surface area (Å²) < 4.78 is 0. The molecule has 0 bridgehead atoms. The lowest BCUT2D eigenvalue weighted by atomic mass is 10.1. The first-order valence-electron chi connectivity index (χ1n) is 8.96. The molecular formula is C22H21N3O2. The number of carbonyl (C=O) groups excluding carboxylic acids is 1. The van der Waals surface area contributed by atoms with Crippen molar-refractivity contribution < 1.29 is 9.90 Å². The fourth-order valence-electron chi connectivity index (χ4n) is 3.36. The van der Waals surface area contributed by atoms with Gasteiger partial charge in [-0.2, -0.15) is 0 Å². The average molecular weight is 359 g/mol. The van der Waals surface area contributed by atoms with E-state index in [1.165, 1.54) is 0 Å². The molecule has 0 saturated heterocycles. The van der Waals surface area contributed by atoms with Gasteiger partial charge in [-0.25, -0.2) is 4.98 Å². The molecule has 4 rings (SSSR count). The van der Waals surface area contributed by atoms with Gasteiger partial charge in [-0.15, -0.1) is 0 Å². The maximum absolute atomic E-state index is 12.4. The van der Waals surface area contributed by atoms with Crippen LogP contribution in [0.1, 0.15) is 33.1 Å². The highest BCUT2D eigenvalue weighted by Gasteiger charge is 2.30. The van der Waals surface area contributed by atoms with Gasteiger partial charge in [0.1, 0.15) is 5.82 Å². The summed E-state index contributed by atoms with van der Waals surface area (Å²) in [6.45, 7) is 2.00. The third kappa shape index (κ3) is 3.68. The molecule has 136 valence electrons. The van der Waals surface area contributed by atoms with Crippen molar-refractivity contribution in [3.05, 3.63) is 89.1 Å². The van der Waals surface area contributed by atoms with E-state index in [2.05, 4.69) is 15.6 Å². The van der Waals surface area contributed by atoms with Crippen LogP contribution in [0.5, 0.6) is 0 Å². The van der Waals surface area contributed by atoms with E-state index in [9.17, 15) is 9.90 Å². The molecule has 2 atom stereocenters. The monoisotopic (exact) mass is 359 g/mol. The number of aromatic nitrogens is 1. The Bertz CT molecular complexity index is 952. The van der Waals surface area contributed by atoms with Crippen molar-refractivity contribution >= 4 is 17.4 Å². The standard InChI is InChI=1S/C22H21N3O2/c1-14-6-9-17(10-7-14)24-22(27)16-8-11-20(23-13-16)25-21-18-5-3-2-4-15(18)12-19(21)26/h2-11,13,19,21,26H,12H2,1H3,(H,23,25)(H,24,27)/t19-,21+/m1/s1. The molecule has 0 fully saturated rings. The van der Waals surface area contributed by atoms with Crippen LogP contribution in [0.2, 0.25) is 0 Å². The first kappa shape index (κ1) is 17.2. The molecule has 3 aromatic rings. The number of carbonyl (C=O) groups is 1. The lowest BCUT2D eigenvalue weighted by Crippen LogP contribution is -2.21. The molecule has 27 heavy (non-hydrogen) atoms. The molecule has 1 aliphatic rings. The number of aryl methyl sites for hydroxylation is 1. The normalized spacial score (nSPS) is 18.0. The maximum Gasteiger partial charge on any atom is 0.257 e. The second-order valence-corrected chi connectivity index (χ2v) is 6.84. The number of nitrogens with one attached hydrogen (secondary N) is 2. The minimum Gasteiger partial charge on any atom is -0.390 e. The third-order valence-corrected chi connectivity index (χ3v) is 4.84. The van der Waals surface area contributed by atoms with Crippen molar-refractivity contribution in [2.24, 2.45) is 0 Å². The number of hydrogen-bond donors (Lipinski definition) is 3. The Morgan fingerprint density at radius 3 is 2.59 bits per heavy atom. The van der Waals surface area contributed by atoms with E-state index >= 15 is 0 Å². The number of pyridine rings is 1. The quantitative estimate of drug-likeness (QED) is 0.664. The third-order valence-electron chi connectivity index (χ3n) is 4.84. The number of fused-ring (bicyclic) bond motifs is 1. The summed E-state index contributed by atoms with van der Waals surface area (Å²) >= 11 is 0. The van der Waals surface area contributed by atoms with Gasteiger partial charge < -0.3 is 15.7 Å². The lowest BCUT2D eigenvalue weighted by molar-refractivity contribution is 0.102. The molecule has 1 heterocycles. The fraction of sp³-hybridized carbons (Fsp3) is 0.182. The first-order chi connectivity index (χ1) is 13.1. The SMILES string of the molecule is Cc1ccc(NC(=O)c2ccc(N[C@H]3c4ccccc4C[C@H]3O)nc2)cc1. The van der Waals surface area contributed by atoms with Crippen LogP contribution >= 0.6 is 0 Å². The van der Waals surface area contributed by atoms with Gasteiger partial charge in [-0.1, -0.05) is 42.0 Å². The summed E-state index contributed by atoms with van der Waals surface area (Å²) in [7, 11) is 0. The van der Waals surface area contributed by atoms with Crippen molar-refractivity contribution in [1.82, 2.24) is 4.98 Å². The number of anilines is 2. The summed E-state index contributed by atoms with van der Waals surface area (Å²) in [6, 6.07) is 18.9. The molecule has 1 aliphatic carbocycles. The van der Waals surface area contributed by atoms with Gasteiger partial charge in [0.25, 0.3) is 5.91 Å². The molecule has 1 aromatic heterocycles. The van der Waals surface area contributed by atoms with E-state index in [0.29, 0.717) is 17.8 Å². The molecule has 3 N–H and O–H groups in total. The number of aliphatic hydroxyl groups is 1. The number of benzene rings is 2. The highest BCUT2D eigenvalue weighted by molar-refractivity contribution is 6.04. The second-order valence-electron chi connectivity index (χ2n) is 6.84. The van der Waals surface area contributed by atoms with Gasteiger partial charge in [-0.05, 0) is 42.3 Å². The van der Waals surface area contributed by atoms with Crippen molar-refractivity contribution in [2.45, 2.75) is 25.5 Å². The summed E-state index contributed by atoms with van der Waals surface area (Å²) in [5.41, 5.74) is 4.61. The van der Waals surface area contributed by atoms with Crippen LogP contribution in [-0.4, -0.2) is 22.1 Å². The van der Waals surface area contributed by atoms with Crippen molar-refractivity contribution in [3.8, 4) is 0 Å². The summed E-state index contributed by atoms with van der Waals surface area (Å²) in [5, 5.41) is 16.5. The van der Waals surface area contributed by atoms with Gasteiger partial charge in [0.2, 0.25) is 0 Å². The van der Waals surface area contributed by atoms with Gasteiger partial charge in [0.05, 0.1) is 17.7 Å². The van der Waals surface area contributed by atoms with Crippen LogP contribution < -0.4 is 10.6 Å². The van der Waals surface area contributed by atoms with E-state index in [0.717, 1.165) is 22.4 Å². The highest BCUT2D eigenvalue weighted by atomic mass is 16.3. The molecule has 1 amide bonds. The molecule has 0 radical (unpaired) electrons. The number of aliphatic hydroxyl groups excluding tert-OH is 1. The van der Waals surface area contributed by atoms with Crippen LogP contribution in [0.3, 0.4) is 0 Å². The second kappa shape index (κ2) is 7.21. The summed E-state index contributed by atoms with van der Waals surface area (Å²) in [6.07, 6.45) is 1.68. The Morgan fingerprint density at radius 1 is 1.07 bits per heavy atom. The van der Waals surface area contributed by atoms with E-state index in [1.54, 1.807) is 18.3 Å². The van der Waals surface area contributed by atoms with E-state index in [-0.39, 0.29) is 11.9 Å². The van der Waals surface area contributed by atoms with Crippen molar-refractivity contribution in [2.75, 3.05) is 10.6 Å². The number of rotatable bonds is 4. The van der Waals surface area contributed by atoms with E-state index in [1.807, 2.05) is 55.5 Å². The Kier molecular flexibility index (Phi) is 4.60. The lowest BCUT2D eigenvalue weighted by Gasteiger charge is -2.18. The molecule has 2 aromatic carbocycles. The molecule has 0 saturated carbocycles. The number of nitrogens with zero attached hydrogens (tertiary/aromatic N) is 1. The Hall–Kier alpha value is -3.18. The van der Waals surface area contributed by atoms with Crippen molar-refractivity contribution in [1.29, 1.82) is 0 Å². The van der Waals surface area contributed by atoms with Gasteiger partial charge in [0.15, 0.2) is 0 Å². The molecule has 5 nitrogen and oxygen atoms in total. The number of amides is 1. The molecule has 5 heteroatoms. The predicted molar refractivity (Wildman–Crippen MR) is 106 cm³/mol. The van der Waals surface area contributed by atoms with E-state index in [4.69, 9.17) is 0 Å². The Labute approximate surface area is 158 Å². The zero-order valence-corrected chi connectivity index (χ0v) is 15.0. The first-order valence-corrected chi connectivity index (χ1v) is 8.96. The molecule has 0 spiro atoms. The topological polar surface area (TPSA) is 74.2 Å². The van der Waals surface area contributed by atoms with E-state index < -0.39 is 6.10 Å². The van der Waals surface area contributed by atoms with Crippen LogP contribution in [0.25, 0.3) is 0 Å². The van der Waals surface area contributed by atoms with Crippen LogP contribution in [-0.2, 0) is 6.42 Å². The number of hydrogen-bond acceptors (Lipinski definition) is 4. The average Bonchev–Trinajstić information content (AvgIpc) is 2.99. The fourth-order valence-corrected chi connectivity index (χ4v) is 3.36. The van der Waals surface area contributed by atoms with Gasteiger partial charge in [0, 0.05) is 18.3 Å². The van der Waals surface area contributed by atoms with Crippen LogP contribution in [0, 0.1) is 6.92 Å². The van der Waals surface area contributed by atoms with Crippen molar-refractivity contribution in [3.63, 3.8) is 0 Å². The smallest absolute Gasteiger partial charge is 0.257 e. The van der Waals surface area contributed by atoms with Gasteiger partial charge in [-0.3, -0.25) is 4.79 Å². The minimum absolute atomic E-state index is 0.194.